The topological polar surface area (TPSA) is 24.9 Å². The van der Waals surface area contributed by atoms with Gasteiger partial charge in [0, 0.05) is 22.7 Å². The Morgan fingerprint density at radius 1 is 0.352 bits per heavy atom. The van der Waals surface area contributed by atoms with E-state index in [1.807, 2.05) is 60.7 Å². The first-order valence-corrected chi connectivity index (χ1v) is 31.7. The maximum atomic E-state index is 6.34. The second-order valence-electron chi connectivity index (χ2n) is 24.5. The normalized spacial score (nSPS) is 15.2. The molecule has 1 aliphatic carbocycles. The molecule has 0 fully saturated rings. The Morgan fingerprint density at radius 2 is 0.780 bits per heavy atom. The molecule has 436 valence electrons. The molecule has 91 heavy (non-hydrogen) atoms. The van der Waals surface area contributed by atoms with Crippen LogP contribution in [0.15, 0.2) is 303 Å². The Morgan fingerprint density at radius 3 is 1.27 bits per heavy atom. The fourth-order valence-corrected chi connectivity index (χ4v) is 14.5. The molecule has 0 saturated carbocycles. The third-order valence-corrected chi connectivity index (χ3v) is 18.8. The van der Waals surface area contributed by atoms with Gasteiger partial charge in [-0.2, -0.15) is 0 Å². The number of hydrogen-bond acceptors (Lipinski definition) is 4. The molecule has 2 unspecified atom stereocenters. The van der Waals surface area contributed by atoms with Crippen molar-refractivity contribution in [3.05, 3.63) is 381 Å². The summed E-state index contributed by atoms with van der Waals surface area (Å²) < 4.78 is 12.7. The molecule has 16 rings (SSSR count). The average Bonchev–Trinajstić information content (AvgIpc) is 1.55. The summed E-state index contributed by atoms with van der Waals surface area (Å²) in [5, 5.41) is 2.46. The lowest BCUT2D eigenvalue weighted by molar-refractivity contribution is 0.482. The van der Waals surface area contributed by atoms with Crippen LogP contribution in [0.25, 0.3) is 46.2 Å². The van der Waals surface area contributed by atoms with E-state index in [1.54, 1.807) is 0 Å². The van der Waals surface area contributed by atoms with E-state index in [0.717, 1.165) is 63.9 Å². The Hall–Kier alpha value is -11.2. The van der Waals surface area contributed by atoms with Crippen LogP contribution in [0.3, 0.4) is 0 Å². The molecule has 4 nitrogen and oxygen atoms in total. The number of nitrogens with zero attached hydrogens (tertiary/aromatic N) is 2. The van der Waals surface area contributed by atoms with Gasteiger partial charge in [0.25, 0.3) is 0 Å². The quantitative estimate of drug-likeness (QED) is 0.101. The zero-order valence-electron chi connectivity index (χ0n) is 51.0. The van der Waals surface area contributed by atoms with Crippen molar-refractivity contribution < 1.29 is 9.47 Å². The summed E-state index contributed by atoms with van der Waals surface area (Å²) in [7, 11) is 0. The maximum Gasteiger partial charge on any atom is 0.127 e. The van der Waals surface area contributed by atoms with Crippen molar-refractivity contribution in [3.8, 4) is 34.1 Å². The Bertz CT molecular complexity index is 4830. The van der Waals surface area contributed by atoms with Crippen molar-refractivity contribution in [3.63, 3.8) is 0 Å². The smallest absolute Gasteiger partial charge is 0.127 e. The van der Waals surface area contributed by atoms with Crippen LogP contribution >= 0.6 is 0 Å². The van der Waals surface area contributed by atoms with Crippen LogP contribution in [-0.4, -0.2) is 0 Å². The van der Waals surface area contributed by atoms with Gasteiger partial charge in [-0.3, -0.25) is 0 Å². The van der Waals surface area contributed by atoms with E-state index in [2.05, 4.69) is 291 Å². The zero-order chi connectivity index (χ0) is 60.8. The van der Waals surface area contributed by atoms with Crippen molar-refractivity contribution in [1.82, 2.24) is 0 Å². The van der Waals surface area contributed by atoms with Gasteiger partial charge in [0.1, 0.15) is 23.0 Å². The van der Waals surface area contributed by atoms with E-state index in [4.69, 9.17) is 9.47 Å². The lowest BCUT2D eigenvalue weighted by Gasteiger charge is -2.34. The molecule has 13 aromatic carbocycles. The van der Waals surface area contributed by atoms with Crippen molar-refractivity contribution in [2.24, 2.45) is 0 Å². The zero-order valence-corrected chi connectivity index (χ0v) is 51.0. The number of rotatable bonds is 14. The average molecular weight is 1170 g/mol. The highest BCUT2D eigenvalue weighted by Crippen LogP contribution is 2.59. The summed E-state index contributed by atoms with van der Waals surface area (Å²) in [4.78, 5) is 5.01. The van der Waals surface area contributed by atoms with E-state index < -0.39 is 5.41 Å². The first-order chi connectivity index (χ1) is 44.9. The molecule has 2 aliphatic heterocycles. The first kappa shape index (κ1) is 55.1. The van der Waals surface area contributed by atoms with E-state index in [9.17, 15) is 0 Å². The molecule has 13 aromatic rings. The molecule has 4 heteroatoms. The van der Waals surface area contributed by atoms with Gasteiger partial charge in [-0.25, -0.2) is 0 Å². The number of aryl methyl sites for hydroxylation is 2. The number of hydrogen-bond donors (Lipinski definition) is 0. The summed E-state index contributed by atoms with van der Waals surface area (Å²) in [6.45, 7) is 4.31. The SMILES string of the molecule is Cc1ccc(C2Cc3cc(Oc4ccccc4)ccc3N2c2ccc(/C=C/c3ccc4c(c3)C(c3ccccc3)(c3ccccc3)c3cc(/C=C/c5ccc(N6c7ccc(Oc8ccccc8)cc7CC6c6ccc(C)cc6)cc5)c5ccccc5c3-4)cc2)cc1. The largest absolute Gasteiger partial charge is 0.457 e. The van der Waals surface area contributed by atoms with Crippen molar-refractivity contribution in [2.75, 3.05) is 9.80 Å². The molecule has 0 radical (unpaired) electrons. The van der Waals surface area contributed by atoms with E-state index in [0.29, 0.717) is 0 Å². The van der Waals surface area contributed by atoms with Crippen LogP contribution in [-0.2, 0) is 18.3 Å². The second kappa shape index (κ2) is 23.4. The van der Waals surface area contributed by atoms with Gasteiger partial charge in [0.15, 0.2) is 0 Å². The Balaban J connectivity index is 0.733. The molecule has 2 atom stereocenters. The number of ether oxygens (including phenoxy) is 2. The monoisotopic (exact) mass is 1170 g/mol. The third kappa shape index (κ3) is 10.3. The van der Waals surface area contributed by atoms with E-state index in [1.165, 1.54) is 94.5 Å². The molecule has 0 spiro atoms. The van der Waals surface area contributed by atoms with Crippen LogP contribution in [0.5, 0.6) is 23.0 Å². The summed E-state index contributed by atoms with van der Waals surface area (Å²) in [6.07, 6.45) is 10.9. The Labute approximate surface area is 533 Å². The highest BCUT2D eigenvalue weighted by molar-refractivity contribution is 6.08. The minimum absolute atomic E-state index is 0.140. The maximum absolute atomic E-state index is 6.34. The van der Waals surface area contributed by atoms with Gasteiger partial charge in [0.05, 0.1) is 17.5 Å². The number of fused-ring (bicyclic) bond motifs is 7. The highest BCUT2D eigenvalue weighted by atomic mass is 16.5. The van der Waals surface area contributed by atoms with Crippen LogP contribution < -0.4 is 19.3 Å². The highest BCUT2D eigenvalue weighted by Gasteiger charge is 2.47. The van der Waals surface area contributed by atoms with Crippen molar-refractivity contribution in [1.29, 1.82) is 0 Å². The lowest BCUT2D eigenvalue weighted by Crippen LogP contribution is -2.28. The van der Waals surface area contributed by atoms with Gasteiger partial charge < -0.3 is 19.3 Å². The van der Waals surface area contributed by atoms with Crippen LogP contribution in [0.2, 0.25) is 0 Å². The van der Waals surface area contributed by atoms with Gasteiger partial charge in [-0.05, 0) is 212 Å². The van der Waals surface area contributed by atoms with Gasteiger partial charge in [0.2, 0.25) is 0 Å². The lowest BCUT2D eigenvalue weighted by atomic mass is 9.67. The molecule has 2 heterocycles. The minimum atomic E-state index is -0.615. The van der Waals surface area contributed by atoms with Crippen molar-refractivity contribution >= 4 is 57.8 Å². The predicted molar refractivity (Wildman–Crippen MR) is 377 cm³/mol. The van der Waals surface area contributed by atoms with Crippen LogP contribution in [0.4, 0.5) is 22.7 Å². The fourth-order valence-electron chi connectivity index (χ4n) is 14.5. The first-order valence-electron chi connectivity index (χ1n) is 31.7. The minimum Gasteiger partial charge on any atom is -0.457 e. The molecule has 0 amide bonds. The van der Waals surface area contributed by atoms with Gasteiger partial charge in [-0.15, -0.1) is 0 Å². The predicted octanol–water partition coefficient (Wildman–Crippen LogP) is 22.6. The molecule has 0 bridgehead atoms. The molecule has 0 aromatic heterocycles. The van der Waals surface area contributed by atoms with Gasteiger partial charge >= 0.3 is 0 Å². The summed E-state index contributed by atoms with van der Waals surface area (Å²) in [5.41, 5.74) is 23.9. The summed E-state index contributed by atoms with van der Waals surface area (Å²) >= 11 is 0. The van der Waals surface area contributed by atoms with Crippen LogP contribution in [0, 0.1) is 13.8 Å². The molecular weight excluding hydrogens is 1100 g/mol. The fraction of sp³-hybridized carbons (Fsp3) is 0.0805. The van der Waals surface area contributed by atoms with E-state index in [-0.39, 0.29) is 12.1 Å². The molecule has 0 N–H and O–H groups in total. The van der Waals surface area contributed by atoms with Gasteiger partial charge in [-0.1, -0.05) is 242 Å². The second-order valence-corrected chi connectivity index (χ2v) is 24.5. The Kier molecular flexibility index (Phi) is 14.2. The van der Waals surface area contributed by atoms with Crippen LogP contribution in [0.1, 0.15) is 90.0 Å². The van der Waals surface area contributed by atoms with Crippen molar-refractivity contribution in [2.45, 2.75) is 44.2 Å². The number of anilines is 4. The summed E-state index contributed by atoms with van der Waals surface area (Å²) in [5.74, 6) is 3.37. The van der Waals surface area contributed by atoms with E-state index >= 15 is 0 Å². The summed E-state index contributed by atoms with van der Waals surface area (Å²) in [6, 6.07) is 111. The molecular formula is C87H66N2O2. The standard InChI is InChI=1S/C87H66N2O2/c1-59-27-39-64(40-28-59)84-57-67-54-75(90-73-21-11-5-12-22-73)48-51-82(67)88(84)71-44-34-61(35-45-71)31-32-63-38-50-79-80(53-63)87(69-17-7-3-8-18-69,70-19-9-4-10-20-70)81-56-66(77-25-15-16-26-78(77)86(79)81)43-33-62-36-46-72(47-37-62)89-83-52-49-76(91-74-23-13-6-14-24-74)55-68(83)58-85(89)65-41-29-60(2)30-42-65/h3-56,84-85H,57-58H2,1-2H3/b32-31+,43-33+. The molecule has 0 saturated heterocycles. The third-order valence-electron chi connectivity index (χ3n) is 18.8. The number of para-hydroxylation sites is 2. The molecule has 3 aliphatic rings. The number of benzene rings is 13.